The van der Waals surface area contributed by atoms with Crippen LogP contribution in [-0.2, 0) is 4.74 Å². The van der Waals surface area contributed by atoms with Crippen molar-refractivity contribution in [2.24, 2.45) is 5.92 Å². The molecule has 3 saturated heterocycles. The van der Waals surface area contributed by atoms with E-state index in [4.69, 9.17) is 4.74 Å². The van der Waals surface area contributed by atoms with Gasteiger partial charge in [-0.1, -0.05) is 6.92 Å². The minimum atomic E-state index is 0. The second-order valence-electron chi connectivity index (χ2n) is 2.77. The fourth-order valence-electron chi connectivity index (χ4n) is 1.39. The van der Waals surface area contributed by atoms with Gasteiger partial charge in [0.1, 0.15) is 0 Å². The van der Waals surface area contributed by atoms with Crippen molar-refractivity contribution in [1.29, 1.82) is 0 Å². The van der Waals surface area contributed by atoms with Crippen LogP contribution >= 0.6 is 0 Å². The summed E-state index contributed by atoms with van der Waals surface area (Å²) in [6.45, 7) is 2.26. The summed E-state index contributed by atoms with van der Waals surface area (Å²) in [4.78, 5) is 0. The summed E-state index contributed by atoms with van der Waals surface area (Å²) in [5.41, 5.74) is 0. The summed E-state index contributed by atoms with van der Waals surface area (Å²) in [6, 6.07) is 0. The number of fused-ring (bicyclic) bond motifs is 2. The Bertz CT molecular complexity index is 93.2. The van der Waals surface area contributed by atoms with Crippen molar-refractivity contribution in [3.05, 3.63) is 5.32 Å². The molecular formula is C6H10NORb. The Morgan fingerprint density at radius 3 is 2.00 bits per heavy atom. The minimum Gasteiger partial charge on any atom is -0.611 e. The molecule has 2 unspecified atom stereocenters. The van der Waals surface area contributed by atoms with Gasteiger partial charge in [-0.25, -0.2) is 0 Å². The van der Waals surface area contributed by atoms with E-state index in [1.807, 2.05) is 0 Å². The molecule has 2 nitrogen and oxygen atoms in total. The average molecular weight is 198 g/mol. The molecule has 0 N–H and O–H groups in total. The molecule has 3 aliphatic rings. The summed E-state index contributed by atoms with van der Waals surface area (Å²) in [7, 11) is 0. The summed E-state index contributed by atoms with van der Waals surface area (Å²) in [6.07, 6.45) is 2.86. The first kappa shape index (κ1) is 8.82. The van der Waals surface area contributed by atoms with E-state index in [1.54, 1.807) is 0 Å². The Morgan fingerprint density at radius 1 is 1.33 bits per heavy atom. The van der Waals surface area contributed by atoms with Crippen molar-refractivity contribution in [2.45, 2.75) is 32.2 Å². The van der Waals surface area contributed by atoms with E-state index >= 15 is 0 Å². The number of piperidine rings is 1. The molecule has 2 bridgehead atoms. The van der Waals surface area contributed by atoms with E-state index < -0.39 is 0 Å². The Morgan fingerprint density at radius 2 is 1.78 bits per heavy atom. The maximum atomic E-state index is 5.28. The average Bonchev–Trinajstić information content (AvgIpc) is 1.62. The molecule has 3 heteroatoms. The molecule has 0 radical (unpaired) electrons. The van der Waals surface area contributed by atoms with Crippen LogP contribution in [-0.4, -0.2) is 12.5 Å². The van der Waals surface area contributed by atoms with E-state index in [0.717, 1.165) is 18.8 Å². The van der Waals surface area contributed by atoms with Gasteiger partial charge in [0.05, 0.1) is 0 Å². The predicted octanol–water partition coefficient (Wildman–Crippen LogP) is -1.52. The monoisotopic (exact) mass is 197 g/mol. The number of nitrogens with zero attached hydrogens (tertiary/aromatic N) is 1. The van der Waals surface area contributed by atoms with Gasteiger partial charge in [-0.3, -0.25) is 0 Å². The molecule has 0 saturated carbocycles. The minimum absolute atomic E-state index is 0. The molecule has 2 atom stereocenters. The van der Waals surface area contributed by atoms with Gasteiger partial charge in [-0.2, -0.15) is 0 Å². The van der Waals surface area contributed by atoms with E-state index in [1.165, 1.54) is 0 Å². The van der Waals surface area contributed by atoms with Crippen LogP contribution < -0.4 is 58.2 Å². The van der Waals surface area contributed by atoms with Crippen LogP contribution in [0.5, 0.6) is 0 Å². The molecule has 0 amide bonds. The van der Waals surface area contributed by atoms with Crippen LogP contribution in [0, 0.1) is 5.92 Å². The van der Waals surface area contributed by atoms with Gasteiger partial charge in [0.2, 0.25) is 0 Å². The van der Waals surface area contributed by atoms with Gasteiger partial charge in [-0.15, -0.1) is 0 Å². The molecule has 0 aromatic heterocycles. The van der Waals surface area contributed by atoms with E-state index in [9.17, 15) is 0 Å². The summed E-state index contributed by atoms with van der Waals surface area (Å²) in [5.74, 6) is 0.844. The molecule has 3 fully saturated rings. The molecule has 46 valence electrons. The van der Waals surface area contributed by atoms with Crippen LogP contribution in [0.15, 0.2) is 0 Å². The van der Waals surface area contributed by atoms with Crippen molar-refractivity contribution < 1.29 is 62.9 Å². The van der Waals surface area contributed by atoms with Gasteiger partial charge < -0.3 is 10.1 Å². The Balaban J connectivity index is 0.000000405. The standard InChI is InChI=1S/C6H10NO.Rb/c1-4-2-5-7-6(3-4)8-5;/h4-6H,2-3H2,1H3;/q-1;+1. The number of hydrogen-bond donors (Lipinski definition) is 0. The largest absolute Gasteiger partial charge is 1.00 e. The fraction of sp³-hybridized carbons (Fsp3) is 1.00. The molecule has 3 rings (SSSR count). The summed E-state index contributed by atoms with van der Waals surface area (Å²) < 4.78 is 5.28. The van der Waals surface area contributed by atoms with Gasteiger partial charge in [-0.05, 0) is 31.2 Å². The second-order valence-corrected chi connectivity index (χ2v) is 2.77. The van der Waals surface area contributed by atoms with Crippen molar-refractivity contribution >= 4 is 0 Å². The quantitative estimate of drug-likeness (QED) is 0.463. The number of ether oxygens (including phenoxy) is 1. The first-order chi connectivity index (χ1) is 3.84. The Labute approximate surface area is 105 Å². The van der Waals surface area contributed by atoms with Crippen molar-refractivity contribution in [1.82, 2.24) is 0 Å². The predicted molar refractivity (Wildman–Crippen MR) is 30.4 cm³/mol. The van der Waals surface area contributed by atoms with E-state index in [-0.39, 0.29) is 70.6 Å². The fourth-order valence-corrected chi connectivity index (χ4v) is 1.39. The van der Waals surface area contributed by atoms with Crippen LogP contribution in [0.4, 0.5) is 0 Å². The van der Waals surface area contributed by atoms with Crippen LogP contribution in [0.25, 0.3) is 5.32 Å². The summed E-state index contributed by atoms with van der Waals surface area (Å²) >= 11 is 0. The zero-order chi connectivity index (χ0) is 5.56. The molecular weight excluding hydrogens is 188 g/mol. The van der Waals surface area contributed by atoms with Crippen molar-refractivity contribution in [2.75, 3.05) is 0 Å². The first-order valence-corrected chi connectivity index (χ1v) is 3.20. The SMILES string of the molecule is CC1CC2[N-]C(C1)O2.[Rb+]. The third-order valence-corrected chi connectivity index (χ3v) is 1.85. The topological polar surface area (TPSA) is 23.3 Å². The molecule has 3 aliphatic heterocycles. The molecule has 0 aromatic carbocycles. The van der Waals surface area contributed by atoms with Crippen LogP contribution in [0.3, 0.4) is 0 Å². The summed E-state index contributed by atoms with van der Waals surface area (Å²) in [5, 5.41) is 4.26. The normalized spacial score (nSPS) is 47.0. The zero-order valence-electron chi connectivity index (χ0n) is 6.00. The molecule has 0 aromatic rings. The maximum Gasteiger partial charge on any atom is 1.00 e. The molecule has 3 heterocycles. The number of rotatable bonds is 0. The molecule has 9 heavy (non-hydrogen) atoms. The second kappa shape index (κ2) is 3.41. The molecule has 0 aliphatic carbocycles. The third kappa shape index (κ3) is 1.85. The number of hydrogen-bond acceptors (Lipinski definition) is 1. The smallest absolute Gasteiger partial charge is 0.611 e. The first-order valence-electron chi connectivity index (χ1n) is 3.20. The maximum absolute atomic E-state index is 5.28. The van der Waals surface area contributed by atoms with Gasteiger partial charge in [0, 0.05) is 0 Å². The van der Waals surface area contributed by atoms with E-state index in [2.05, 4.69) is 12.2 Å². The Kier molecular flexibility index (Phi) is 3.35. The van der Waals surface area contributed by atoms with Crippen molar-refractivity contribution in [3.8, 4) is 0 Å². The third-order valence-electron chi connectivity index (χ3n) is 1.85. The van der Waals surface area contributed by atoms with Crippen LogP contribution in [0.2, 0.25) is 0 Å². The zero-order valence-corrected chi connectivity index (χ0v) is 10.9. The van der Waals surface area contributed by atoms with Gasteiger partial charge >= 0.3 is 58.2 Å². The van der Waals surface area contributed by atoms with Gasteiger partial charge in [0.25, 0.3) is 0 Å². The van der Waals surface area contributed by atoms with E-state index in [0.29, 0.717) is 0 Å². The van der Waals surface area contributed by atoms with Crippen LogP contribution in [0.1, 0.15) is 19.8 Å². The molecule has 0 spiro atoms. The van der Waals surface area contributed by atoms with Crippen molar-refractivity contribution in [3.63, 3.8) is 0 Å². The Hall–Kier alpha value is 1.73. The van der Waals surface area contributed by atoms with Gasteiger partial charge in [0.15, 0.2) is 0 Å².